The van der Waals surface area contributed by atoms with Gasteiger partial charge in [-0.05, 0) is 50.8 Å². The summed E-state index contributed by atoms with van der Waals surface area (Å²) in [5.74, 6) is 1.20. The Morgan fingerprint density at radius 1 is 1.15 bits per heavy atom. The third-order valence-electron chi connectivity index (χ3n) is 4.95. The number of likely N-dealkylation sites (N-methyl/N-ethyl adjacent to an activating group) is 1. The summed E-state index contributed by atoms with van der Waals surface area (Å²) >= 11 is 0. The molecule has 1 aromatic rings. The SMILES string of the molecule is CCNC(Cc1ccccc1C)C1C(C)OC(C)C1C. The molecule has 0 aliphatic carbocycles. The first-order chi connectivity index (χ1) is 9.54. The van der Waals surface area contributed by atoms with E-state index in [0.717, 1.165) is 13.0 Å². The first kappa shape index (κ1) is 15.5. The minimum absolute atomic E-state index is 0.341. The van der Waals surface area contributed by atoms with Crippen LogP contribution in [0.3, 0.4) is 0 Å². The van der Waals surface area contributed by atoms with Crippen LogP contribution in [-0.2, 0) is 11.2 Å². The minimum Gasteiger partial charge on any atom is -0.375 e. The van der Waals surface area contributed by atoms with Gasteiger partial charge in [0.25, 0.3) is 0 Å². The number of hydrogen-bond donors (Lipinski definition) is 1. The maximum atomic E-state index is 6.04. The lowest BCUT2D eigenvalue weighted by atomic mass is 9.80. The zero-order chi connectivity index (χ0) is 14.7. The third kappa shape index (κ3) is 3.24. The van der Waals surface area contributed by atoms with E-state index in [1.54, 1.807) is 0 Å². The molecule has 1 heterocycles. The lowest BCUT2D eigenvalue weighted by Gasteiger charge is -2.30. The van der Waals surface area contributed by atoms with E-state index in [1.807, 2.05) is 0 Å². The molecule has 1 saturated heterocycles. The normalized spacial score (nSPS) is 31.4. The van der Waals surface area contributed by atoms with Crippen molar-refractivity contribution in [2.75, 3.05) is 6.54 Å². The van der Waals surface area contributed by atoms with Crippen LogP contribution in [0.1, 0.15) is 38.8 Å². The van der Waals surface area contributed by atoms with E-state index in [-0.39, 0.29) is 0 Å². The molecule has 5 atom stereocenters. The Balaban J connectivity index is 2.17. The molecule has 1 N–H and O–H groups in total. The van der Waals surface area contributed by atoms with Gasteiger partial charge in [0.15, 0.2) is 0 Å². The van der Waals surface area contributed by atoms with E-state index in [0.29, 0.717) is 30.1 Å². The third-order valence-corrected chi connectivity index (χ3v) is 4.95. The summed E-state index contributed by atoms with van der Waals surface area (Å²) in [4.78, 5) is 0. The van der Waals surface area contributed by atoms with Gasteiger partial charge in [0.2, 0.25) is 0 Å². The fourth-order valence-corrected chi connectivity index (χ4v) is 3.67. The number of nitrogens with one attached hydrogen (secondary N) is 1. The van der Waals surface area contributed by atoms with Gasteiger partial charge in [0.05, 0.1) is 12.2 Å². The molecule has 0 bridgehead atoms. The predicted molar refractivity (Wildman–Crippen MR) is 85.0 cm³/mol. The summed E-state index contributed by atoms with van der Waals surface area (Å²) in [7, 11) is 0. The summed E-state index contributed by atoms with van der Waals surface area (Å²) in [6, 6.07) is 9.22. The highest BCUT2D eigenvalue weighted by Gasteiger charge is 2.41. The monoisotopic (exact) mass is 275 g/mol. The highest BCUT2D eigenvalue weighted by molar-refractivity contribution is 5.26. The molecular formula is C18H29NO. The summed E-state index contributed by atoms with van der Waals surface area (Å²) < 4.78 is 6.04. The van der Waals surface area contributed by atoms with Crippen molar-refractivity contribution in [1.82, 2.24) is 5.32 Å². The molecular weight excluding hydrogens is 246 g/mol. The molecule has 1 aliphatic rings. The second kappa shape index (κ2) is 6.73. The average Bonchev–Trinajstić information content (AvgIpc) is 2.65. The number of rotatable bonds is 5. The second-order valence-corrected chi connectivity index (χ2v) is 6.28. The molecule has 20 heavy (non-hydrogen) atoms. The largest absolute Gasteiger partial charge is 0.375 e. The zero-order valence-corrected chi connectivity index (χ0v) is 13.5. The van der Waals surface area contributed by atoms with Crippen LogP contribution in [0.4, 0.5) is 0 Å². The van der Waals surface area contributed by atoms with Gasteiger partial charge in [-0.15, -0.1) is 0 Å². The van der Waals surface area contributed by atoms with Gasteiger partial charge >= 0.3 is 0 Å². The van der Waals surface area contributed by atoms with Crippen LogP contribution in [0, 0.1) is 18.8 Å². The number of aryl methyl sites for hydroxylation is 1. The Morgan fingerprint density at radius 2 is 1.85 bits per heavy atom. The molecule has 0 aromatic heterocycles. The molecule has 2 nitrogen and oxygen atoms in total. The topological polar surface area (TPSA) is 21.3 Å². The minimum atomic E-state index is 0.341. The zero-order valence-electron chi connectivity index (χ0n) is 13.5. The highest BCUT2D eigenvalue weighted by atomic mass is 16.5. The van der Waals surface area contributed by atoms with Crippen LogP contribution in [-0.4, -0.2) is 24.8 Å². The van der Waals surface area contributed by atoms with Gasteiger partial charge in [0.1, 0.15) is 0 Å². The molecule has 1 aromatic carbocycles. The standard InChI is InChI=1S/C18H29NO/c1-6-19-17(11-16-10-8-7-9-12(16)2)18-13(3)14(4)20-15(18)5/h7-10,13-15,17-19H,6,11H2,1-5H3. The number of benzene rings is 1. The molecule has 2 rings (SSSR count). The van der Waals surface area contributed by atoms with Gasteiger partial charge in [-0.2, -0.15) is 0 Å². The fraction of sp³-hybridized carbons (Fsp3) is 0.667. The van der Waals surface area contributed by atoms with Crippen molar-refractivity contribution in [3.05, 3.63) is 35.4 Å². The van der Waals surface area contributed by atoms with Crippen LogP contribution in [0.2, 0.25) is 0 Å². The lowest BCUT2D eigenvalue weighted by molar-refractivity contribution is 0.0476. The van der Waals surface area contributed by atoms with E-state index in [4.69, 9.17) is 4.74 Å². The smallest absolute Gasteiger partial charge is 0.0597 e. The Kier molecular flexibility index (Phi) is 5.22. The molecule has 1 fully saturated rings. The molecule has 0 spiro atoms. The van der Waals surface area contributed by atoms with Gasteiger partial charge < -0.3 is 10.1 Å². The van der Waals surface area contributed by atoms with Crippen LogP contribution >= 0.6 is 0 Å². The second-order valence-electron chi connectivity index (χ2n) is 6.28. The van der Waals surface area contributed by atoms with E-state index in [9.17, 15) is 0 Å². The van der Waals surface area contributed by atoms with Crippen molar-refractivity contribution in [1.29, 1.82) is 0 Å². The van der Waals surface area contributed by atoms with E-state index in [2.05, 4.69) is 64.2 Å². The first-order valence-corrected chi connectivity index (χ1v) is 7.98. The van der Waals surface area contributed by atoms with Gasteiger partial charge in [-0.25, -0.2) is 0 Å². The molecule has 0 radical (unpaired) electrons. The van der Waals surface area contributed by atoms with Crippen molar-refractivity contribution >= 4 is 0 Å². The quantitative estimate of drug-likeness (QED) is 0.887. The van der Waals surface area contributed by atoms with Crippen LogP contribution in [0.5, 0.6) is 0 Å². The number of ether oxygens (including phenoxy) is 1. The molecule has 2 heteroatoms. The van der Waals surface area contributed by atoms with Crippen molar-refractivity contribution in [2.24, 2.45) is 11.8 Å². The van der Waals surface area contributed by atoms with E-state index >= 15 is 0 Å². The maximum Gasteiger partial charge on any atom is 0.0597 e. The summed E-state index contributed by atoms with van der Waals surface area (Å²) in [6.07, 6.45) is 1.80. The van der Waals surface area contributed by atoms with Crippen LogP contribution in [0.15, 0.2) is 24.3 Å². The van der Waals surface area contributed by atoms with Crippen molar-refractivity contribution in [3.63, 3.8) is 0 Å². The average molecular weight is 275 g/mol. The van der Waals surface area contributed by atoms with Gasteiger partial charge in [-0.1, -0.05) is 38.1 Å². The Labute approximate surface area is 123 Å². The van der Waals surface area contributed by atoms with Crippen molar-refractivity contribution in [3.8, 4) is 0 Å². The van der Waals surface area contributed by atoms with Crippen LogP contribution < -0.4 is 5.32 Å². The molecule has 0 saturated carbocycles. The van der Waals surface area contributed by atoms with E-state index in [1.165, 1.54) is 11.1 Å². The molecule has 112 valence electrons. The summed E-state index contributed by atoms with van der Waals surface area (Å²) in [5, 5.41) is 3.70. The Hall–Kier alpha value is -0.860. The van der Waals surface area contributed by atoms with Gasteiger partial charge in [-0.3, -0.25) is 0 Å². The molecule has 0 amide bonds. The highest BCUT2D eigenvalue weighted by Crippen LogP contribution is 2.35. The molecule has 1 aliphatic heterocycles. The lowest BCUT2D eigenvalue weighted by Crippen LogP contribution is -2.43. The predicted octanol–water partition coefficient (Wildman–Crippen LogP) is 3.58. The summed E-state index contributed by atoms with van der Waals surface area (Å²) in [5.41, 5.74) is 2.85. The Morgan fingerprint density at radius 3 is 2.40 bits per heavy atom. The van der Waals surface area contributed by atoms with Crippen LogP contribution in [0.25, 0.3) is 0 Å². The van der Waals surface area contributed by atoms with Crippen molar-refractivity contribution < 1.29 is 4.74 Å². The Bertz CT molecular complexity index is 431. The van der Waals surface area contributed by atoms with Gasteiger partial charge in [0, 0.05) is 12.0 Å². The maximum absolute atomic E-state index is 6.04. The molecule has 5 unspecified atom stereocenters. The van der Waals surface area contributed by atoms with E-state index < -0.39 is 0 Å². The number of hydrogen-bond acceptors (Lipinski definition) is 2. The summed E-state index contributed by atoms with van der Waals surface area (Å²) in [6.45, 7) is 12.2. The first-order valence-electron chi connectivity index (χ1n) is 7.98. The fourth-order valence-electron chi connectivity index (χ4n) is 3.67. The van der Waals surface area contributed by atoms with Crippen molar-refractivity contribution in [2.45, 2.75) is 59.3 Å².